The molecule has 1 aromatic heterocycles. The van der Waals surface area contributed by atoms with Crippen LogP contribution in [0.3, 0.4) is 0 Å². The second-order valence-electron chi connectivity index (χ2n) is 3.02. The fraction of sp³-hybridized carbons (Fsp3) is 0.750. The van der Waals surface area contributed by atoms with Gasteiger partial charge in [-0.3, -0.25) is 0 Å². The Morgan fingerprint density at radius 3 is 2.86 bits per heavy atom. The van der Waals surface area contributed by atoms with Crippen molar-refractivity contribution in [2.24, 2.45) is 0 Å². The molecule has 2 rings (SSSR count). The number of aryl methyl sites for hydroxylation is 1. The molecule has 0 saturated carbocycles. The number of rotatable bonds is 3. The molecule has 0 radical (unpaired) electrons. The maximum absolute atomic E-state index is 5.59. The van der Waals surface area contributed by atoms with Crippen molar-refractivity contribution < 1.29 is 4.42 Å². The van der Waals surface area contributed by atoms with Crippen LogP contribution in [-0.2, 0) is 6.42 Å². The minimum atomic E-state index is 0.525. The summed E-state index contributed by atoms with van der Waals surface area (Å²) in [5.74, 6) is 3.42. The van der Waals surface area contributed by atoms with Crippen molar-refractivity contribution in [3.8, 4) is 0 Å². The quantitative estimate of drug-likeness (QED) is 0.739. The smallest absolute Gasteiger partial charge is 0.318 e. The highest BCUT2D eigenvalue weighted by molar-refractivity contribution is 7.99. The molecule has 1 aromatic rings. The van der Waals surface area contributed by atoms with Crippen molar-refractivity contribution in [1.29, 1.82) is 0 Å². The van der Waals surface area contributed by atoms with E-state index < -0.39 is 0 Å². The largest absolute Gasteiger partial charge is 0.408 e. The molecule has 0 bridgehead atoms. The lowest BCUT2D eigenvalue weighted by Crippen LogP contribution is -2.32. The third-order valence-electron chi connectivity index (χ3n) is 2.05. The van der Waals surface area contributed by atoms with Gasteiger partial charge in [0.15, 0.2) is 0 Å². The molecule has 1 aliphatic rings. The molecule has 0 aromatic carbocycles. The number of hydrogen-bond donors (Lipinski definition) is 0. The summed E-state index contributed by atoms with van der Waals surface area (Å²) in [6.07, 6.45) is 0.650. The molecular formula is C8H12ClN3OS. The lowest BCUT2D eigenvalue weighted by Gasteiger charge is -2.23. The first-order valence-electron chi connectivity index (χ1n) is 4.61. The van der Waals surface area contributed by atoms with Crippen LogP contribution < -0.4 is 4.90 Å². The van der Waals surface area contributed by atoms with E-state index in [0.717, 1.165) is 24.6 Å². The first kappa shape index (κ1) is 10.1. The van der Waals surface area contributed by atoms with Gasteiger partial charge in [-0.2, -0.15) is 11.8 Å². The number of halogens is 1. The average Bonchev–Trinajstić information content (AvgIpc) is 2.68. The lowest BCUT2D eigenvalue weighted by molar-refractivity contribution is 0.492. The third-order valence-corrected chi connectivity index (χ3v) is 3.18. The minimum absolute atomic E-state index is 0.525. The molecule has 0 aliphatic carbocycles. The van der Waals surface area contributed by atoms with Gasteiger partial charge in [-0.1, -0.05) is 5.10 Å². The van der Waals surface area contributed by atoms with Crippen LogP contribution in [0.5, 0.6) is 0 Å². The molecule has 1 saturated heterocycles. The van der Waals surface area contributed by atoms with E-state index in [-0.39, 0.29) is 0 Å². The van der Waals surface area contributed by atoms with Crippen LogP contribution in [-0.4, -0.2) is 40.7 Å². The number of nitrogens with zero attached hydrogens (tertiary/aromatic N) is 3. The van der Waals surface area contributed by atoms with Gasteiger partial charge in [0, 0.05) is 36.9 Å². The van der Waals surface area contributed by atoms with Crippen LogP contribution in [0.4, 0.5) is 6.01 Å². The second kappa shape index (κ2) is 4.89. The van der Waals surface area contributed by atoms with Gasteiger partial charge in [0.2, 0.25) is 5.89 Å². The van der Waals surface area contributed by atoms with Crippen molar-refractivity contribution in [3.63, 3.8) is 0 Å². The normalized spacial score (nSPS) is 17.4. The van der Waals surface area contributed by atoms with Crippen LogP contribution in [0.1, 0.15) is 5.89 Å². The highest BCUT2D eigenvalue weighted by Crippen LogP contribution is 2.17. The van der Waals surface area contributed by atoms with Crippen LogP contribution in [0.2, 0.25) is 0 Å². The van der Waals surface area contributed by atoms with E-state index in [1.165, 1.54) is 0 Å². The maximum Gasteiger partial charge on any atom is 0.318 e. The van der Waals surface area contributed by atoms with E-state index in [2.05, 4.69) is 15.1 Å². The van der Waals surface area contributed by atoms with Gasteiger partial charge in [0.25, 0.3) is 0 Å². The summed E-state index contributed by atoms with van der Waals surface area (Å²) in [4.78, 5) is 2.13. The third kappa shape index (κ3) is 2.33. The van der Waals surface area contributed by atoms with Crippen molar-refractivity contribution >= 4 is 29.4 Å². The molecule has 6 heteroatoms. The van der Waals surface area contributed by atoms with Gasteiger partial charge < -0.3 is 9.32 Å². The number of aromatic nitrogens is 2. The topological polar surface area (TPSA) is 42.2 Å². The Morgan fingerprint density at radius 2 is 2.14 bits per heavy atom. The van der Waals surface area contributed by atoms with Crippen LogP contribution >= 0.6 is 23.4 Å². The SMILES string of the molecule is ClCCc1nnc(N2CCSCC2)o1. The lowest BCUT2D eigenvalue weighted by atomic mass is 10.5. The van der Waals surface area contributed by atoms with E-state index in [4.69, 9.17) is 16.0 Å². The Kier molecular flexibility index (Phi) is 3.53. The number of anilines is 1. The number of alkyl halides is 1. The van der Waals surface area contributed by atoms with Crippen molar-refractivity contribution in [2.45, 2.75) is 6.42 Å². The van der Waals surface area contributed by atoms with E-state index >= 15 is 0 Å². The first-order valence-corrected chi connectivity index (χ1v) is 6.30. The number of hydrogen-bond acceptors (Lipinski definition) is 5. The summed E-state index contributed by atoms with van der Waals surface area (Å²) in [6, 6.07) is 0.644. The minimum Gasteiger partial charge on any atom is -0.408 e. The molecule has 0 amide bonds. The zero-order chi connectivity index (χ0) is 9.80. The van der Waals surface area contributed by atoms with Gasteiger partial charge in [-0.25, -0.2) is 0 Å². The highest BCUT2D eigenvalue weighted by atomic mass is 35.5. The van der Waals surface area contributed by atoms with Crippen molar-refractivity contribution in [3.05, 3.63) is 5.89 Å². The maximum atomic E-state index is 5.59. The molecular weight excluding hydrogens is 222 g/mol. The Hall–Kier alpha value is -0.420. The van der Waals surface area contributed by atoms with Crippen LogP contribution in [0.15, 0.2) is 4.42 Å². The van der Waals surface area contributed by atoms with E-state index in [0.29, 0.717) is 24.2 Å². The van der Waals surface area contributed by atoms with Crippen molar-refractivity contribution in [2.75, 3.05) is 35.4 Å². The molecule has 0 N–H and O–H groups in total. The molecule has 1 fully saturated rings. The fourth-order valence-corrected chi connectivity index (χ4v) is 2.37. The molecule has 4 nitrogen and oxygen atoms in total. The van der Waals surface area contributed by atoms with Gasteiger partial charge >= 0.3 is 6.01 Å². The van der Waals surface area contributed by atoms with E-state index in [9.17, 15) is 0 Å². The molecule has 0 atom stereocenters. The van der Waals surface area contributed by atoms with E-state index in [1.54, 1.807) is 0 Å². The summed E-state index contributed by atoms with van der Waals surface area (Å²) in [5, 5.41) is 7.93. The van der Waals surface area contributed by atoms with Gasteiger partial charge in [0.1, 0.15) is 0 Å². The molecule has 0 unspecified atom stereocenters. The second-order valence-corrected chi connectivity index (χ2v) is 4.62. The summed E-state index contributed by atoms with van der Waals surface area (Å²) < 4.78 is 5.47. The summed E-state index contributed by atoms with van der Waals surface area (Å²) in [6.45, 7) is 1.99. The molecule has 14 heavy (non-hydrogen) atoms. The Bertz CT molecular complexity index is 288. The highest BCUT2D eigenvalue weighted by Gasteiger charge is 2.16. The zero-order valence-electron chi connectivity index (χ0n) is 7.78. The molecule has 1 aliphatic heterocycles. The van der Waals surface area contributed by atoms with Gasteiger partial charge in [-0.15, -0.1) is 16.7 Å². The Morgan fingerprint density at radius 1 is 1.36 bits per heavy atom. The average molecular weight is 234 g/mol. The first-order chi connectivity index (χ1) is 6.90. The van der Waals surface area contributed by atoms with Gasteiger partial charge in [-0.05, 0) is 0 Å². The van der Waals surface area contributed by atoms with E-state index in [1.807, 2.05) is 11.8 Å². The molecule has 2 heterocycles. The Labute approximate surface area is 92.0 Å². The number of thioether (sulfide) groups is 1. The summed E-state index contributed by atoms with van der Waals surface area (Å²) in [5.41, 5.74) is 0. The Balaban J connectivity index is 2.00. The van der Waals surface area contributed by atoms with Gasteiger partial charge in [0.05, 0.1) is 0 Å². The molecule has 0 spiro atoms. The molecule has 78 valence electrons. The van der Waals surface area contributed by atoms with Crippen LogP contribution in [0.25, 0.3) is 0 Å². The monoisotopic (exact) mass is 233 g/mol. The summed E-state index contributed by atoms with van der Waals surface area (Å²) >= 11 is 7.54. The standard InChI is InChI=1S/C8H12ClN3OS/c9-2-1-7-10-11-8(13-7)12-3-5-14-6-4-12/h1-6H2. The zero-order valence-corrected chi connectivity index (χ0v) is 9.35. The van der Waals surface area contributed by atoms with Crippen LogP contribution in [0, 0.1) is 0 Å². The fourth-order valence-electron chi connectivity index (χ4n) is 1.31. The predicted molar refractivity (Wildman–Crippen MR) is 58.3 cm³/mol. The predicted octanol–water partition coefficient (Wildman–Crippen LogP) is 1.40. The van der Waals surface area contributed by atoms with Crippen molar-refractivity contribution in [1.82, 2.24) is 10.2 Å². The summed E-state index contributed by atoms with van der Waals surface area (Å²) in [7, 11) is 0.